The van der Waals surface area contributed by atoms with E-state index in [4.69, 9.17) is 23.2 Å². The van der Waals surface area contributed by atoms with Crippen LogP contribution in [0.15, 0.2) is 71.8 Å². The van der Waals surface area contributed by atoms with Crippen LogP contribution in [0.25, 0.3) is 0 Å². The molecule has 6 nitrogen and oxygen atoms in total. The monoisotopic (exact) mass is 489 g/mol. The summed E-state index contributed by atoms with van der Waals surface area (Å²) in [4.78, 5) is 19.4. The van der Waals surface area contributed by atoms with E-state index in [-0.39, 0.29) is 32.9 Å². The molecule has 0 radical (unpaired) electrons. The molecule has 1 unspecified atom stereocenters. The molecule has 3 aromatic rings. The van der Waals surface area contributed by atoms with Crippen molar-refractivity contribution < 1.29 is 13.2 Å². The third-order valence-corrected chi connectivity index (χ3v) is 7.37. The van der Waals surface area contributed by atoms with Crippen molar-refractivity contribution in [3.8, 4) is 0 Å². The largest absolute Gasteiger partial charge is 0.327 e. The zero-order valence-electron chi connectivity index (χ0n) is 17.2. The summed E-state index contributed by atoms with van der Waals surface area (Å²) in [6, 6.07) is 16.2. The van der Waals surface area contributed by atoms with Gasteiger partial charge in [0.15, 0.2) is 0 Å². The zero-order chi connectivity index (χ0) is 22.9. The Balaban J connectivity index is 1.54. The number of anilines is 1. The van der Waals surface area contributed by atoms with E-state index in [0.29, 0.717) is 11.3 Å². The van der Waals surface area contributed by atoms with Crippen LogP contribution in [0.4, 0.5) is 5.69 Å². The average Bonchev–Trinajstić information content (AvgIpc) is 3.61. The number of amides is 1. The smallest absolute Gasteiger partial charge is 0.263 e. The van der Waals surface area contributed by atoms with Crippen molar-refractivity contribution in [2.75, 3.05) is 4.72 Å². The highest BCUT2D eigenvalue weighted by atomic mass is 35.5. The first-order valence-corrected chi connectivity index (χ1v) is 12.3. The highest BCUT2D eigenvalue weighted by Gasteiger charge is 2.37. The number of benzene rings is 2. The molecule has 1 heterocycles. The molecule has 1 atom stereocenters. The van der Waals surface area contributed by atoms with Gasteiger partial charge in [-0.3, -0.25) is 14.5 Å². The molecule has 1 aliphatic rings. The number of hydrogen-bond donors (Lipinski definition) is 1. The summed E-state index contributed by atoms with van der Waals surface area (Å²) in [5.41, 5.74) is 1.62. The summed E-state index contributed by atoms with van der Waals surface area (Å²) in [6.07, 6.45) is 3.64. The van der Waals surface area contributed by atoms with Crippen molar-refractivity contribution in [2.24, 2.45) is 0 Å². The maximum atomic E-state index is 13.3. The molecule has 166 valence electrons. The van der Waals surface area contributed by atoms with Gasteiger partial charge in [-0.05, 0) is 74.4 Å². The van der Waals surface area contributed by atoms with Gasteiger partial charge in [0.1, 0.15) is 4.90 Å². The molecule has 2 aromatic carbocycles. The molecule has 9 heteroatoms. The zero-order valence-corrected chi connectivity index (χ0v) is 19.5. The van der Waals surface area contributed by atoms with Gasteiger partial charge in [-0.25, -0.2) is 8.42 Å². The summed E-state index contributed by atoms with van der Waals surface area (Å²) in [7, 11) is -3.94. The minimum Gasteiger partial charge on any atom is -0.327 e. The second-order valence-corrected chi connectivity index (χ2v) is 10.1. The minimum absolute atomic E-state index is 0.0669. The second-order valence-electron chi connectivity index (χ2n) is 7.63. The summed E-state index contributed by atoms with van der Waals surface area (Å²) < 4.78 is 27.9. The van der Waals surface area contributed by atoms with Crippen molar-refractivity contribution >= 4 is 44.8 Å². The van der Waals surface area contributed by atoms with E-state index < -0.39 is 10.0 Å². The first-order valence-electron chi connectivity index (χ1n) is 10.1. The maximum Gasteiger partial charge on any atom is 0.263 e. The van der Waals surface area contributed by atoms with Crippen LogP contribution in [-0.4, -0.2) is 30.3 Å². The number of aromatic nitrogens is 1. The van der Waals surface area contributed by atoms with Gasteiger partial charge < -0.3 is 4.90 Å². The molecule has 0 aliphatic heterocycles. The van der Waals surface area contributed by atoms with Crippen molar-refractivity contribution in [1.82, 2.24) is 9.88 Å². The summed E-state index contributed by atoms with van der Waals surface area (Å²) in [5.74, 6) is -0.113. The number of sulfonamides is 1. The molecular formula is C23H21Cl2N3O3S. The van der Waals surface area contributed by atoms with E-state index in [1.807, 2.05) is 30.0 Å². The molecule has 1 saturated carbocycles. The predicted molar refractivity (Wildman–Crippen MR) is 126 cm³/mol. The predicted octanol–water partition coefficient (Wildman–Crippen LogP) is 5.56. The Morgan fingerprint density at radius 2 is 1.81 bits per heavy atom. The van der Waals surface area contributed by atoms with Crippen LogP contribution in [0.5, 0.6) is 0 Å². The van der Waals surface area contributed by atoms with E-state index in [1.165, 1.54) is 18.2 Å². The van der Waals surface area contributed by atoms with E-state index in [0.717, 1.165) is 18.5 Å². The molecule has 0 bridgehead atoms. The quantitative estimate of drug-likeness (QED) is 0.471. The fraction of sp³-hybridized carbons (Fsp3) is 0.217. The number of rotatable bonds is 7. The van der Waals surface area contributed by atoms with E-state index in [2.05, 4.69) is 9.71 Å². The Hall–Kier alpha value is -2.61. The maximum absolute atomic E-state index is 13.3. The SMILES string of the molecule is CC(c1ccccn1)N(C(=O)c1ccc(NS(=O)(=O)c2cc(Cl)ccc2Cl)cc1)C1CC1. The van der Waals surface area contributed by atoms with Gasteiger partial charge in [0.05, 0.1) is 16.8 Å². The number of pyridine rings is 1. The molecule has 1 aliphatic carbocycles. The molecule has 0 spiro atoms. The lowest BCUT2D eigenvalue weighted by molar-refractivity contribution is 0.0670. The first-order chi connectivity index (χ1) is 15.3. The van der Waals surface area contributed by atoms with Gasteiger partial charge in [-0.15, -0.1) is 0 Å². The fourth-order valence-electron chi connectivity index (χ4n) is 3.50. The van der Waals surface area contributed by atoms with Crippen LogP contribution < -0.4 is 4.72 Å². The Bertz CT molecular complexity index is 1230. The van der Waals surface area contributed by atoms with Gasteiger partial charge in [0.25, 0.3) is 15.9 Å². The molecule has 4 rings (SSSR count). The lowest BCUT2D eigenvalue weighted by atomic mass is 10.1. The lowest BCUT2D eigenvalue weighted by Crippen LogP contribution is -2.35. The Morgan fingerprint density at radius 3 is 2.44 bits per heavy atom. The fourth-order valence-corrected chi connectivity index (χ4v) is 5.32. The third-order valence-electron chi connectivity index (χ3n) is 5.27. The molecule has 1 amide bonds. The summed E-state index contributed by atoms with van der Waals surface area (Å²) >= 11 is 11.9. The van der Waals surface area contributed by atoms with Gasteiger partial charge in [0, 0.05) is 28.5 Å². The van der Waals surface area contributed by atoms with E-state index >= 15 is 0 Å². The highest BCUT2D eigenvalue weighted by molar-refractivity contribution is 7.92. The topological polar surface area (TPSA) is 79.4 Å². The van der Waals surface area contributed by atoms with Crippen LogP contribution in [0.1, 0.15) is 41.9 Å². The summed E-state index contributed by atoms with van der Waals surface area (Å²) in [5, 5.41) is 0.329. The third kappa shape index (κ3) is 4.90. The minimum atomic E-state index is -3.94. The van der Waals surface area contributed by atoms with Crippen LogP contribution in [0, 0.1) is 0 Å². The molecule has 1 fully saturated rings. The molecular weight excluding hydrogens is 469 g/mol. The second kappa shape index (κ2) is 9.10. The van der Waals surface area contributed by atoms with E-state index in [9.17, 15) is 13.2 Å². The number of nitrogens with zero attached hydrogens (tertiary/aromatic N) is 2. The Labute approximate surface area is 197 Å². The van der Waals surface area contributed by atoms with Gasteiger partial charge in [-0.1, -0.05) is 29.3 Å². The molecule has 1 aromatic heterocycles. The van der Waals surface area contributed by atoms with Gasteiger partial charge >= 0.3 is 0 Å². The number of carbonyl (C=O) groups excluding carboxylic acids is 1. The number of hydrogen-bond acceptors (Lipinski definition) is 4. The Kier molecular flexibility index (Phi) is 6.42. The first kappa shape index (κ1) is 22.6. The lowest BCUT2D eigenvalue weighted by Gasteiger charge is -2.29. The normalized spacial score (nSPS) is 14.6. The standard InChI is InChI=1S/C23H21Cl2N3O3S/c1-15(21-4-2-3-13-26-21)28(19-10-11-19)23(29)16-5-8-18(9-6-16)27-32(30,31)22-14-17(24)7-12-20(22)25/h2-9,12-15,19,27H,10-11H2,1H3. The van der Waals surface area contributed by atoms with Crippen LogP contribution >= 0.6 is 23.2 Å². The average molecular weight is 490 g/mol. The van der Waals surface area contributed by atoms with Crippen LogP contribution in [0.3, 0.4) is 0 Å². The Morgan fingerprint density at radius 1 is 1.09 bits per heavy atom. The van der Waals surface area contributed by atoms with Crippen molar-refractivity contribution in [3.63, 3.8) is 0 Å². The van der Waals surface area contributed by atoms with Gasteiger partial charge in [0.2, 0.25) is 0 Å². The van der Waals surface area contributed by atoms with Crippen LogP contribution in [0.2, 0.25) is 10.0 Å². The van der Waals surface area contributed by atoms with Crippen LogP contribution in [-0.2, 0) is 10.0 Å². The van der Waals surface area contributed by atoms with Crippen molar-refractivity contribution in [2.45, 2.75) is 36.7 Å². The number of nitrogens with one attached hydrogen (secondary N) is 1. The highest BCUT2D eigenvalue weighted by Crippen LogP contribution is 2.35. The molecule has 0 saturated heterocycles. The van der Waals surface area contributed by atoms with Crippen molar-refractivity contribution in [3.05, 3.63) is 88.2 Å². The number of carbonyl (C=O) groups is 1. The molecule has 1 N–H and O–H groups in total. The molecule has 32 heavy (non-hydrogen) atoms. The number of halogens is 2. The van der Waals surface area contributed by atoms with E-state index in [1.54, 1.807) is 30.5 Å². The van der Waals surface area contributed by atoms with Gasteiger partial charge in [-0.2, -0.15) is 0 Å². The van der Waals surface area contributed by atoms with Crippen molar-refractivity contribution in [1.29, 1.82) is 0 Å². The summed E-state index contributed by atoms with van der Waals surface area (Å²) in [6.45, 7) is 1.97.